The van der Waals surface area contributed by atoms with Crippen molar-refractivity contribution >= 4 is 34.9 Å². The summed E-state index contributed by atoms with van der Waals surface area (Å²) in [5.74, 6) is 1.11. The lowest BCUT2D eigenvalue weighted by molar-refractivity contribution is -0.124. The highest BCUT2D eigenvalue weighted by Gasteiger charge is 2.37. The number of rotatable bonds is 4. The number of ether oxygens (including phenoxy) is 1. The minimum Gasteiger partial charge on any atom is -0.441 e. The molecule has 6 nitrogen and oxygen atoms in total. The third-order valence-electron chi connectivity index (χ3n) is 4.06. The molecule has 3 rings (SSSR count). The van der Waals surface area contributed by atoms with Crippen LogP contribution in [-0.2, 0) is 9.53 Å². The smallest absolute Gasteiger partial charge is 0.293 e. The van der Waals surface area contributed by atoms with E-state index in [2.05, 4.69) is 4.90 Å². The summed E-state index contributed by atoms with van der Waals surface area (Å²) in [5.41, 5.74) is 0. The second-order valence-electron chi connectivity index (χ2n) is 5.58. The second-order valence-corrected chi connectivity index (χ2v) is 6.58. The van der Waals surface area contributed by atoms with E-state index in [1.54, 1.807) is 6.08 Å². The molecule has 0 aromatic carbocycles. The van der Waals surface area contributed by atoms with E-state index in [0.29, 0.717) is 23.9 Å². The number of nitrogens with zero attached hydrogens (tertiary/aromatic N) is 2. The lowest BCUT2D eigenvalue weighted by Gasteiger charge is -2.26. The van der Waals surface area contributed by atoms with Crippen LogP contribution in [0.3, 0.4) is 0 Å². The van der Waals surface area contributed by atoms with E-state index in [1.165, 1.54) is 4.90 Å². The minimum atomic E-state index is -0.237. The number of furan rings is 1. The van der Waals surface area contributed by atoms with Crippen molar-refractivity contribution in [3.8, 4) is 0 Å². The molecule has 3 heterocycles. The zero-order valence-electron chi connectivity index (χ0n) is 13.3. The van der Waals surface area contributed by atoms with Crippen molar-refractivity contribution in [1.82, 2.24) is 4.90 Å². The molecule has 2 amide bonds. The van der Waals surface area contributed by atoms with Gasteiger partial charge in [0.15, 0.2) is 5.88 Å². The standard InChI is InChI=1S/C16H20N2O4S/c1-3-11(2)18-15(19)13(23-16(18)20)10-12-4-5-14(22-12)17-6-8-21-9-7-17/h4-5,10-11H,3,6-9H2,1-2H3/b13-10+/t11-/m0/s1. The van der Waals surface area contributed by atoms with E-state index in [-0.39, 0.29) is 17.2 Å². The molecular formula is C16H20N2O4S. The third-order valence-corrected chi connectivity index (χ3v) is 4.95. The van der Waals surface area contributed by atoms with Gasteiger partial charge in [-0.15, -0.1) is 0 Å². The molecule has 0 N–H and O–H groups in total. The normalized spacial score (nSPS) is 22.3. The molecule has 2 aliphatic rings. The molecule has 2 saturated heterocycles. The molecule has 124 valence electrons. The maximum absolute atomic E-state index is 12.4. The van der Waals surface area contributed by atoms with Gasteiger partial charge in [-0.3, -0.25) is 14.5 Å². The average molecular weight is 336 g/mol. The summed E-state index contributed by atoms with van der Waals surface area (Å²) < 4.78 is 11.1. The molecule has 7 heteroatoms. The van der Waals surface area contributed by atoms with Crippen LogP contribution in [0.4, 0.5) is 10.7 Å². The van der Waals surface area contributed by atoms with Crippen LogP contribution in [0.5, 0.6) is 0 Å². The van der Waals surface area contributed by atoms with Gasteiger partial charge in [-0.05, 0) is 31.2 Å². The molecule has 2 aliphatic heterocycles. The highest BCUT2D eigenvalue weighted by Crippen LogP contribution is 2.34. The fourth-order valence-corrected chi connectivity index (χ4v) is 3.46. The third kappa shape index (κ3) is 3.30. The van der Waals surface area contributed by atoms with Gasteiger partial charge in [-0.1, -0.05) is 6.92 Å². The number of morpholine rings is 1. The topological polar surface area (TPSA) is 63.0 Å². The van der Waals surface area contributed by atoms with Crippen molar-refractivity contribution in [2.75, 3.05) is 31.2 Å². The first-order valence-electron chi connectivity index (χ1n) is 7.79. The van der Waals surface area contributed by atoms with Crippen LogP contribution in [0.15, 0.2) is 21.5 Å². The van der Waals surface area contributed by atoms with Gasteiger partial charge < -0.3 is 14.1 Å². The number of anilines is 1. The molecule has 23 heavy (non-hydrogen) atoms. The Morgan fingerprint density at radius 3 is 2.74 bits per heavy atom. The summed E-state index contributed by atoms with van der Waals surface area (Å²) >= 11 is 0.970. The minimum absolute atomic E-state index is 0.0890. The number of carbonyl (C=O) groups is 2. The molecule has 0 unspecified atom stereocenters. The van der Waals surface area contributed by atoms with E-state index in [0.717, 1.165) is 37.2 Å². The number of hydrogen-bond donors (Lipinski definition) is 0. The molecule has 0 saturated carbocycles. The summed E-state index contributed by atoms with van der Waals surface area (Å²) in [4.78, 5) is 28.2. The molecule has 1 atom stereocenters. The Kier molecular flexibility index (Phi) is 4.77. The fraction of sp³-hybridized carbons (Fsp3) is 0.500. The Bertz CT molecular complexity index is 634. The number of imide groups is 1. The van der Waals surface area contributed by atoms with E-state index < -0.39 is 0 Å². The Balaban J connectivity index is 1.76. The monoisotopic (exact) mass is 336 g/mol. The van der Waals surface area contributed by atoms with Crippen LogP contribution in [0.1, 0.15) is 26.0 Å². The molecule has 0 bridgehead atoms. The van der Waals surface area contributed by atoms with Crippen molar-refractivity contribution < 1.29 is 18.7 Å². The lowest BCUT2D eigenvalue weighted by atomic mass is 10.2. The van der Waals surface area contributed by atoms with Crippen LogP contribution >= 0.6 is 11.8 Å². The Hall–Kier alpha value is -1.73. The zero-order chi connectivity index (χ0) is 16.4. The van der Waals surface area contributed by atoms with Gasteiger partial charge in [-0.2, -0.15) is 0 Å². The molecule has 0 radical (unpaired) electrons. The molecule has 0 spiro atoms. The highest BCUT2D eigenvalue weighted by atomic mass is 32.2. The van der Waals surface area contributed by atoms with Crippen molar-refractivity contribution in [2.24, 2.45) is 0 Å². The summed E-state index contributed by atoms with van der Waals surface area (Å²) in [7, 11) is 0. The second kappa shape index (κ2) is 6.80. The van der Waals surface area contributed by atoms with Gasteiger partial charge >= 0.3 is 0 Å². The van der Waals surface area contributed by atoms with Crippen molar-refractivity contribution in [3.05, 3.63) is 22.8 Å². The molecular weight excluding hydrogens is 316 g/mol. The molecule has 1 aromatic heterocycles. The van der Waals surface area contributed by atoms with Crippen LogP contribution in [-0.4, -0.2) is 48.4 Å². The van der Waals surface area contributed by atoms with E-state index in [1.807, 2.05) is 26.0 Å². The van der Waals surface area contributed by atoms with Crippen molar-refractivity contribution in [2.45, 2.75) is 26.3 Å². The predicted molar refractivity (Wildman–Crippen MR) is 89.3 cm³/mol. The molecule has 0 aliphatic carbocycles. The lowest BCUT2D eigenvalue weighted by Crippen LogP contribution is -2.36. The first-order valence-corrected chi connectivity index (χ1v) is 8.61. The quantitative estimate of drug-likeness (QED) is 0.788. The first kappa shape index (κ1) is 16.1. The maximum atomic E-state index is 12.4. The predicted octanol–water partition coefficient (Wildman–Crippen LogP) is 2.95. The first-order chi connectivity index (χ1) is 11.1. The van der Waals surface area contributed by atoms with E-state index in [9.17, 15) is 9.59 Å². The van der Waals surface area contributed by atoms with Gasteiger partial charge in [0.1, 0.15) is 5.76 Å². The Morgan fingerprint density at radius 1 is 1.30 bits per heavy atom. The summed E-state index contributed by atoms with van der Waals surface area (Å²) in [6.45, 7) is 6.78. The van der Waals surface area contributed by atoms with Crippen molar-refractivity contribution in [3.63, 3.8) is 0 Å². The van der Waals surface area contributed by atoms with Crippen molar-refractivity contribution in [1.29, 1.82) is 0 Å². The highest BCUT2D eigenvalue weighted by molar-refractivity contribution is 8.18. The van der Waals surface area contributed by atoms with Gasteiger partial charge in [0, 0.05) is 31.3 Å². The number of hydrogen-bond acceptors (Lipinski definition) is 6. The number of carbonyl (C=O) groups excluding carboxylic acids is 2. The average Bonchev–Trinajstić information content (AvgIpc) is 3.13. The van der Waals surface area contributed by atoms with Gasteiger partial charge in [-0.25, -0.2) is 0 Å². The van der Waals surface area contributed by atoms with E-state index in [4.69, 9.17) is 9.15 Å². The van der Waals surface area contributed by atoms with E-state index >= 15 is 0 Å². The zero-order valence-corrected chi connectivity index (χ0v) is 14.1. The molecule has 2 fully saturated rings. The van der Waals surface area contributed by atoms with Gasteiger partial charge in [0.25, 0.3) is 11.1 Å². The summed E-state index contributed by atoms with van der Waals surface area (Å²) in [6, 6.07) is 3.62. The van der Waals surface area contributed by atoms with Crippen LogP contribution in [0.2, 0.25) is 0 Å². The molecule has 1 aromatic rings. The summed E-state index contributed by atoms with van der Waals surface area (Å²) in [5, 5.41) is -0.212. The summed E-state index contributed by atoms with van der Waals surface area (Å²) in [6.07, 6.45) is 2.39. The van der Waals surface area contributed by atoms with Gasteiger partial charge in [0.05, 0.1) is 18.1 Å². The number of amides is 2. The Morgan fingerprint density at radius 2 is 2.04 bits per heavy atom. The van der Waals surface area contributed by atoms with Gasteiger partial charge in [0.2, 0.25) is 0 Å². The maximum Gasteiger partial charge on any atom is 0.293 e. The fourth-order valence-electron chi connectivity index (χ4n) is 2.55. The van der Waals surface area contributed by atoms with Crippen LogP contribution in [0.25, 0.3) is 6.08 Å². The Labute approximate surface area is 139 Å². The number of thioether (sulfide) groups is 1. The van der Waals surface area contributed by atoms with Crippen LogP contribution in [0, 0.1) is 0 Å². The van der Waals surface area contributed by atoms with Crippen LogP contribution < -0.4 is 4.90 Å². The SMILES string of the molecule is CC[C@H](C)N1C(=O)S/C(=C/c2ccc(N3CCOCC3)o2)C1=O. The largest absolute Gasteiger partial charge is 0.441 e.